The first kappa shape index (κ1) is 13.2. The van der Waals surface area contributed by atoms with Gasteiger partial charge in [0.15, 0.2) is 0 Å². The van der Waals surface area contributed by atoms with Crippen molar-refractivity contribution in [2.24, 2.45) is 0 Å². The first-order valence-corrected chi connectivity index (χ1v) is 7.64. The van der Waals surface area contributed by atoms with Crippen molar-refractivity contribution in [2.75, 3.05) is 6.54 Å². The lowest BCUT2D eigenvalue weighted by Gasteiger charge is -2.08. The predicted molar refractivity (Wildman–Crippen MR) is 84.9 cm³/mol. The maximum atomic E-state index is 4.55. The van der Waals surface area contributed by atoms with E-state index in [0.29, 0.717) is 6.04 Å². The lowest BCUT2D eigenvalue weighted by atomic mass is 10.1. The molecule has 0 saturated carbocycles. The average molecular weight is 283 g/mol. The van der Waals surface area contributed by atoms with Crippen LogP contribution >= 0.6 is 11.3 Å². The van der Waals surface area contributed by atoms with E-state index < -0.39 is 0 Å². The summed E-state index contributed by atoms with van der Waals surface area (Å²) < 4.78 is 0. The summed E-state index contributed by atoms with van der Waals surface area (Å²) in [6, 6.07) is 10.7. The fourth-order valence-corrected chi connectivity index (χ4v) is 3.17. The summed E-state index contributed by atoms with van der Waals surface area (Å²) in [6.45, 7) is 5.26. The molecule has 1 N–H and O–H groups in total. The zero-order chi connectivity index (χ0) is 13.9. The Bertz CT molecular complexity index is 720. The predicted octanol–water partition coefficient (Wildman–Crippen LogP) is 4.03. The number of pyridine rings is 1. The summed E-state index contributed by atoms with van der Waals surface area (Å²) >= 11 is 1.75. The molecule has 3 nitrogen and oxygen atoms in total. The summed E-state index contributed by atoms with van der Waals surface area (Å²) in [5.41, 5.74) is 2.18. The van der Waals surface area contributed by atoms with Crippen LogP contribution in [0.1, 0.15) is 24.8 Å². The van der Waals surface area contributed by atoms with Crippen LogP contribution in [0.3, 0.4) is 0 Å². The molecule has 0 saturated heterocycles. The molecular formula is C16H17N3S. The summed E-state index contributed by atoms with van der Waals surface area (Å²) in [6.07, 6.45) is 3.79. The van der Waals surface area contributed by atoms with Crippen LogP contribution in [0.5, 0.6) is 0 Å². The van der Waals surface area contributed by atoms with Crippen molar-refractivity contribution in [3.63, 3.8) is 0 Å². The Morgan fingerprint density at radius 1 is 1.25 bits per heavy atom. The maximum Gasteiger partial charge on any atom is 0.123 e. The fourth-order valence-electron chi connectivity index (χ4n) is 2.24. The van der Waals surface area contributed by atoms with Gasteiger partial charge in [-0.1, -0.05) is 13.0 Å². The van der Waals surface area contributed by atoms with Crippen molar-refractivity contribution in [2.45, 2.75) is 19.9 Å². The van der Waals surface area contributed by atoms with Crippen LogP contribution in [-0.2, 0) is 0 Å². The highest BCUT2D eigenvalue weighted by atomic mass is 32.1. The van der Waals surface area contributed by atoms with Crippen LogP contribution in [0.4, 0.5) is 0 Å². The van der Waals surface area contributed by atoms with Gasteiger partial charge in [-0.05, 0) is 37.7 Å². The number of nitrogens with zero attached hydrogens (tertiary/aromatic N) is 2. The quantitative estimate of drug-likeness (QED) is 0.785. The molecule has 0 spiro atoms. The molecule has 0 aliphatic rings. The van der Waals surface area contributed by atoms with E-state index in [2.05, 4.69) is 53.4 Å². The van der Waals surface area contributed by atoms with E-state index in [1.807, 2.05) is 18.5 Å². The third kappa shape index (κ3) is 2.57. The Labute approximate surface area is 122 Å². The Kier molecular flexibility index (Phi) is 3.76. The average Bonchev–Trinajstić information content (AvgIpc) is 2.97. The minimum atomic E-state index is 0.355. The Morgan fingerprint density at radius 2 is 2.15 bits per heavy atom. The zero-order valence-corrected chi connectivity index (χ0v) is 12.4. The number of nitrogens with one attached hydrogen (secondary N) is 1. The van der Waals surface area contributed by atoms with E-state index in [-0.39, 0.29) is 0 Å². The highest BCUT2D eigenvalue weighted by molar-refractivity contribution is 7.15. The van der Waals surface area contributed by atoms with Gasteiger partial charge < -0.3 is 5.32 Å². The number of rotatable bonds is 4. The van der Waals surface area contributed by atoms with E-state index in [9.17, 15) is 0 Å². The van der Waals surface area contributed by atoms with Crippen molar-refractivity contribution >= 4 is 22.2 Å². The van der Waals surface area contributed by atoms with Gasteiger partial charge in [0.05, 0.1) is 5.52 Å². The molecule has 0 fully saturated rings. The second-order valence-electron chi connectivity index (χ2n) is 4.76. The van der Waals surface area contributed by atoms with Crippen molar-refractivity contribution in [3.05, 3.63) is 47.6 Å². The van der Waals surface area contributed by atoms with E-state index in [1.165, 1.54) is 4.88 Å². The molecule has 4 heteroatoms. The number of thiazole rings is 1. The van der Waals surface area contributed by atoms with Gasteiger partial charge in [0.25, 0.3) is 0 Å². The van der Waals surface area contributed by atoms with Crippen LogP contribution in [0.25, 0.3) is 21.5 Å². The van der Waals surface area contributed by atoms with E-state index >= 15 is 0 Å². The lowest BCUT2D eigenvalue weighted by molar-refractivity contribution is 0.606. The van der Waals surface area contributed by atoms with Crippen LogP contribution in [0.2, 0.25) is 0 Å². The third-order valence-corrected chi connectivity index (χ3v) is 4.54. The highest BCUT2D eigenvalue weighted by Crippen LogP contribution is 2.30. The number of hydrogen-bond donors (Lipinski definition) is 1. The number of fused-ring (bicyclic) bond motifs is 1. The molecule has 20 heavy (non-hydrogen) atoms. The molecule has 1 unspecified atom stereocenters. The van der Waals surface area contributed by atoms with Gasteiger partial charge >= 0.3 is 0 Å². The van der Waals surface area contributed by atoms with Crippen LogP contribution in [-0.4, -0.2) is 16.5 Å². The van der Waals surface area contributed by atoms with Crippen molar-refractivity contribution in [1.29, 1.82) is 0 Å². The molecule has 0 bridgehead atoms. The van der Waals surface area contributed by atoms with E-state index in [0.717, 1.165) is 28.0 Å². The Hall–Kier alpha value is -1.78. The van der Waals surface area contributed by atoms with Crippen molar-refractivity contribution in [1.82, 2.24) is 15.3 Å². The monoisotopic (exact) mass is 283 g/mol. The molecule has 0 radical (unpaired) electrons. The van der Waals surface area contributed by atoms with Gasteiger partial charge in [0.1, 0.15) is 5.01 Å². The van der Waals surface area contributed by atoms with Gasteiger partial charge in [-0.15, -0.1) is 11.3 Å². The maximum absolute atomic E-state index is 4.55. The van der Waals surface area contributed by atoms with Crippen molar-refractivity contribution in [3.8, 4) is 10.6 Å². The minimum Gasteiger partial charge on any atom is -0.310 e. The number of aromatic nitrogens is 2. The SMILES string of the molecule is CCNC(C)c1cnc(-c2ccc3ncccc3c2)s1. The van der Waals surface area contributed by atoms with Crippen molar-refractivity contribution < 1.29 is 0 Å². The molecular weight excluding hydrogens is 266 g/mol. The second-order valence-corrected chi connectivity index (χ2v) is 5.82. The van der Waals surface area contributed by atoms with Gasteiger partial charge in [0, 0.05) is 34.3 Å². The summed E-state index contributed by atoms with van der Waals surface area (Å²) in [5.74, 6) is 0. The Morgan fingerprint density at radius 3 is 3.00 bits per heavy atom. The first-order valence-electron chi connectivity index (χ1n) is 6.82. The molecule has 0 aliphatic heterocycles. The second kappa shape index (κ2) is 5.69. The summed E-state index contributed by atoms with van der Waals surface area (Å²) in [7, 11) is 0. The van der Waals surface area contributed by atoms with Crippen LogP contribution in [0.15, 0.2) is 42.7 Å². The number of benzene rings is 1. The topological polar surface area (TPSA) is 37.8 Å². The number of hydrogen-bond acceptors (Lipinski definition) is 4. The largest absolute Gasteiger partial charge is 0.310 e. The van der Waals surface area contributed by atoms with Gasteiger partial charge in [-0.3, -0.25) is 4.98 Å². The van der Waals surface area contributed by atoms with E-state index in [4.69, 9.17) is 0 Å². The first-order chi connectivity index (χ1) is 9.78. The molecule has 3 rings (SSSR count). The summed E-state index contributed by atoms with van der Waals surface area (Å²) in [4.78, 5) is 10.2. The molecule has 1 aromatic carbocycles. The molecule has 0 aliphatic carbocycles. The molecule has 0 amide bonds. The van der Waals surface area contributed by atoms with Gasteiger partial charge in [-0.25, -0.2) is 4.98 Å². The van der Waals surface area contributed by atoms with Gasteiger partial charge in [-0.2, -0.15) is 0 Å². The van der Waals surface area contributed by atoms with E-state index in [1.54, 1.807) is 11.3 Å². The normalized spacial score (nSPS) is 12.7. The Balaban J connectivity index is 1.94. The van der Waals surface area contributed by atoms with Gasteiger partial charge in [0.2, 0.25) is 0 Å². The molecule has 2 aromatic heterocycles. The smallest absolute Gasteiger partial charge is 0.123 e. The molecule has 1 atom stereocenters. The zero-order valence-electron chi connectivity index (χ0n) is 11.6. The van der Waals surface area contributed by atoms with Crippen LogP contribution in [0, 0.1) is 0 Å². The third-order valence-electron chi connectivity index (χ3n) is 3.31. The molecule has 2 heterocycles. The molecule has 3 aromatic rings. The van der Waals surface area contributed by atoms with Crippen LogP contribution < -0.4 is 5.32 Å². The lowest BCUT2D eigenvalue weighted by Crippen LogP contribution is -2.16. The minimum absolute atomic E-state index is 0.355. The fraction of sp³-hybridized carbons (Fsp3) is 0.250. The highest BCUT2D eigenvalue weighted by Gasteiger charge is 2.10. The summed E-state index contributed by atoms with van der Waals surface area (Å²) in [5, 5.41) is 5.64. The standard InChI is InChI=1S/C16H17N3S/c1-3-17-11(2)15-10-19-16(20-15)13-6-7-14-12(9-13)5-4-8-18-14/h4-11,17H,3H2,1-2H3. The molecule has 102 valence electrons.